The van der Waals surface area contributed by atoms with Gasteiger partial charge in [0.05, 0.1) is 12.5 Å². The zero-order valence-corrected chi connectivity index (χ0v) is 21.1. The normalized spacial score (nSPS) is 45.1. The number of carbonyl (C=O) groups excluding carboxylic acids is 2. The summed E-state index contributed by atoms with van der Waals surface area (Å²) in [6.07, 6.45) is 2.95. The van der Waals surface area contributed by atoms with E-state index in [9.17, 15) is 34.5 Å². The maximum atomic E-state index is 17.3. The van der Waals surface area contributed by atoms with Crippen LogP contribution in [0.5, 0.6) is 0 Å². The first-order valence-electron chi connectivity index (χ1n) is 12.1. The molecule has 0 aromatic carbocycles. The Morgan fingerprint density at radius 2 is 1.89 bits per heavy atom. The molecule has 0 radical (unpaired) electrons. The van der Waals surface area contributed by atoms with Crippen LogP contribution in [0.4, 0.5) is 4.39 Å². The lowest BCUT2D eigenvalue weighted by Crippen LogP contribution is -2.68. The van der Waals surface area contributed by atoms with E-state index < -0.39 is 81.6 Å². The van der Waals surface area contributed by atoms with Crippen LogP contribution >= 0.6 is 12.6 Å². The van der Waals surface area contributed by atoms with Gasteiger partial charge in [-0.05, 0) is 62.0 Å². The van der Waals surface area contributed by atoms with Crippen LogP contribution in [-0.2, 0) is 19.2 Å². The number of rotatable bonds is 6. The van der Waals surface area contributed by atoms with Gasteiger partial charge in [-0.1, -0.05) is 25.5 Å². The fraction of sp³-hybridized carbons (Fsp3) is 0.692. The number of allylic oxidation sites excluding steroid dienone is 4. The number of aliphatic carboxylic acids is 2. The first-order valence-corrected chi connectivity index (χ1v) is 12.6. The number of hydrogen-bond acceptors (Lipinski definition) is 6. The second-order valence-corrected chi connectivity index (χ2v) is 12.0. The van der Waals surface area contributed by atoms with Crippen molar-refractivity contribution in [3.8, 4) is 0 Å². The van der Waals surface area contributed by atoms with E-state index in [4.69, 9.17) is 0 Å². The van der Waals surface area contributed by atoms with Crippen LogP contribution in [0.3, 0.4) is 0 Å². The number of Topliss-reactive ketones (excluding diaryl/α,β-unsaturated/α-hetero) is 1. The third-order valence-corrected chi connectivity index (χ3v) is 10.5. The molecule has 4 aliphatic rings. The quantitative estimate of drug-likeness (QED) is 0.405. The number of thiol groups is 1. The third kappa shape index (κ3) is 3.33. The molecule has 35 heavy (non-hydrogen) atoms. The largest absolute Gasteiger partial charge is 0.481 e. The predicted molar refractivity (Wildman–Crippen MR) is 128 cm³/mol. The van der Waals surface area contributed by atoms with Crippen molar-refractivity contribution in [3.63, 3.8) is 0 Å². The van der Waals surface area contributed by atoms with Gasteiger partial charge in [-0.3, -0.25) is 19.2 Å². The zero-order chi connectivity index (χ0) is 26.1. The van der Waals surface area contributed by atoms with Crippen molar-refractivity contribution in [1.29, 1.82) is 0 Å². The highest BCUT2D eigenvalue weighted by Crippen LogP contribution is 2.74. The van der Waals surface area contributed by atoms with E-state index in [-0.39, 0.29) is 12.2 Å². The average molecular weight is 509 g/mol. The Morgan fingerprint density at radius 3 is 2.49 bits per heavy atom. The van der Waals surface area contributed by atoms with Gasteiger partial charge in [-0.15, -0.1) is 0 Å². The number of carboxylic acid groups (broad SMARTS) is 2. The van der Waals surface area contributed by atoms with Gasteiger partial charge in [0.15, 0.2) is 11.5 Å². The Morgan fingerprint density at radius 1 is 1.23 bits per heavy atom. The van der Waals surface area contributed by atoms with Gasteiger partial charge in [0.1, 0.15) is 11.0 Å². The summed E-state index contributed by atoms with van der Waals surface area (Å²) in [5, 5.41) is 29.3. The number of halogens is 1. The lowest BCUT2D eigenvalue weighted by Gasteiger charge is -2.63. The molecule has 9 atom stereocenters. The van der Waals surface area contributed by atoms with Crippen molar-refractivity contribution in [1.82, 2.24) is 0 Å². The van der Waals surface area contributed by atoms with E-state index in [1.165, 1.54) is 12.2 Å². The summed E-state index contributed by atoms with van der Waals surface area (Å²) in [6, 6.07) is 0. The molecule has 3 N–H and O–H groups in total. The predicted octanol–water partition coefficient (Wildman–Crippen LogP) is 3.41. The highest BCUT2D eigenvalue weighted by Gasteiger charge is 2.75. The fourth-order valence-electron chi connectivity index (χ4n) is 8.40. The maximum absolute atomic E-state index is 17.3. The van der Waals surface area contributed by atoms with Crippen molar-refractivity contribution in [2.24, 2.45) is 34.0 Å². The van der Waals surface area contributed by atoms with Gasteiger partial charge < -0.3 is 15.3 Å². The van der Waals surface area contributed by atoms with Crippen LogP contribution in [-0.4, -0.2) is 55.8 Å². The molecule has 4 rings (SSSR count). The first-order chi connectivity index (χ1) is 16.1. The van der Waals surface area contributed by atoms with Crippen LogP contribution in [0.2, 0.25) is 0 Å². The minimum Gasteiger partial charge on any atom is -0.481 e. The topological polar surface area (TPSA) is 129 Å². The summed E-state index contributed by atoms with van der Waals surface area (Å²) >= 11 is 4.02. The van der Waals surface area contributed by atoms with Crippen molar-refractivity contribution in [2.45, 2.75) is 76.3 Å². The molecule has 0 saturated heterocycles. The highest BCUT2D eigenvalue weighted by atomic mass is 32.1. The molecule has 0 aromatic heterocycles. The van der Waals surface area contributed by atoms with Crippen LogP contribution in [0, 0.1) is 34.0 Å². The van der Waals surface area contributed by atoms with E-state index in [2.05, 4.69) is 12.6 Å². The molecule has 4 aliphatic carbocycles. The summed E-state index contributed by atoms with van der Waals surface area (Å²) < 4.78 is 17.3. The smallest absolute Gasteiger partial charge is 0.316 e. The molecular formula is C26H33FO7S. The van der Waals surface area contributed by atoms with E-state index in [1.54, 1.807) is 26.8 Å². The van der Waals surface area contributed by atoms with Gasteiger partial charge in [-0.25, -0.2) is 4.39 Å². The molecule has 7 nitrogen and oxygen atoms in total. The molecule has 0 bridgehead atoms. The summed E-state index contributed by atoms with van der Waals surface area (Å²) in [5.74, 6) is -4.71. The molecule has 9 heteroatoms. The molecule has 3 unspecified atom stereocenters. The number of hydrogen-bond donors (Lipinski definition) is 4. The average Bonchev–Trinajstić information content (AvgIpc) is 2.97. The SMILES string of the molecule is CC1C[C@H]2[C@@H]3CCC4=CC(=O)C=C[C@]4(C)[C@@]3(F)C(O)C[C@]2(C)[C@@]1(CC(=O)O)C(=O)CC(S)C(=O)O. The molecule has 192 valence electrons. The number of alkyl halides is 1. The van der Waals surface area contributed by atoms with Crippen molar-refractivity contribution >= 4 is 36.1 Å². The Bertz CT molecular complexity index is 1050. The van der Waals surface area contributed by atoms with E-state index >= 15 is 4.39 Å². The zero-order valence-electron chi connectivity index (χ0n) is 20.2. The number of fused-ring (bicyclic) bond motifs is 5. The minimum atomic E-state index is -2.09. The first kappa shape index (κ1) is 26.1. The van der Waals surface area contributed by atoms with E-state index in [0.29, 0.717) is 24.8 Å². The molecule has 0 amide bonds. The number of ketones is 2. The van der Waals surface area contributed by atoms with Crippen LogP contribution in [0.1, 0.15) is 59.3 Å². The van der Waals surface area contributed by atoms with Gasteiger partial charge in [0.2, 0.25) is 0 Å². The standard InChI is InChI=1S/C26H33FO7S/c1-13-8-17-16-5-4-14-9-15(28)6-7-23(14,2)26(16,27)20(30)11-24(17,3)25(13,12-21(31)32)19(29)10-18(35)22(33)34/h6-7,9,13,16-18,20,30,35H,4-5,8,10-12H2,1-3H3,(H,31,32)(H,33,34)/t13?,16-,17-,18?,20?,23-,24-,25+,26-/m0/s1. The number of aliphatic hydroxyl groups is 1. The molecule has 3 fully saturated rings. The summed E-state index contributed by atoms with van der Waals surface area (Å²) in [4.78, 5) is 49.2. The molecule has 0 aromatic rings. The van der Waals surface area contributed by atoms with Gasteiger partial charge >= 0.3 is 11.9 Å². The Hall–Kier alpha value is -2.00. The number of carbonyl (C=O) groups is 4. The van der Waals surface area contributed by atoms with Gasteiger partial charge in [0, 0.05) is 23.2 Å². The van der Waals surface area contributed by atoms with E-state index in [0.717, 1.165) is 0 Å². The summed E-state index contributed by atoms with van der Waals surface area (Å²) in [7, 11) is 0. The fourth-order valence-corrected chi connectivity index (χ4v) is 8.57. The summed E-state index contributed by atoms with van der Waals surface area (Å²) in [5.41, 5.74) is -5.15. The minimum absolute atomic E-state index is 0.136. The third-order valence-electron chi connectivity index (χ3n) is 10.1. The van der Waals surface area contributed by atoms with Crippen molar-refractivity contribution < 1.29 is 38.9 Å². The molecule has 0 heterocycles. The maximum Gasteiger partial charge on any atom is 0.316 e. The van der Waals surface area contributed by atoms with E-state index in [1.807, 2.05) is 0 Å². The van der Waals surface area contributed by atoms with Gasteiger partial charge in [-0.2, -0.15) is 12.6 Å². The molecular weight excluding hydrogens is 475 g/mol. The Labute approximate surface area is 209 Å². The summed E-state index contributed by atoms with van der Waals surface area (Å²) in [6.45, 7) is 5.25. The number of carboxylic acids is 2. The second kappa shape index (κ2) is 8.26. The second-order valence-electron chi connectivity index (χ2n) is 11.4. The Balaban J connectivity index is 1.83. The highest BCUT2D eigenvalue weighted by molar-refractivity contribution is 7.81. The Kier molecular flexibility index (Phi) is 6.16. The van der Waals surface area contributed by atoms with Crippen LogP contribution < -0.4 is 0 Å². The number of aliphatic hydroxyl groups excluding tert-OH is 1. The molecule has 0 spiro atoms. The lowest BCUT2D eigenvalue weighted by atomic mass is 9.42. The lowest BCUT2D eigenvalue weighted by molar-refractivity contribution is -0.208. The van der Waals surface area contributed by atoms with Crippen molar-refractivity contribution in [3.05, 3.63) is 23.8 Å². The van der Waals surface area contributed by atoms with Crippen molar-refractivity contribution in [2.75, 3.05) is 0 Å². The molecule has 0 aliphatic heterocycles. The van der Waals surface area contributed by atoms with Crippen LogP contribution in [0.15, 0.2) is 23.8 Å². The van der Waals surface area contributed by atoms with Gasteiger partial charge in [0.25, 0.3) is 0 Å². The van der Waals surface area contributed by atoms with Crippen LogP contribution in [0.25, 0.3) is 0 Å². The molecule has 3 saturated carbocycles. The monoisotopic (exact) mass is 508 g/mol.